The molecular weight excluding hydrogens is 237 g/mol. The molecule has 0 saturated heterocycles. The summed E-state index contributed by atoms with van der Waals surface area (Å²) in [7, 11) is 0. The molecule has 2 atom stereocenters. The van der Waals surface area contributed by atoms with Crippen LogP contribution in [0.25, 0.3) is 0 Å². The van der Waals surface area contributed by atoms with Crippen LogP contribution in [0, 0.1) is 15.9 Å². The smallest absolute Gasteiger partial charge is 0.274 e. The summed E-state index contributed by atoms with van der Waals surface area (Å²) >= 11 is 5.47. The summed E-state index contributed by atoms with van der Waals surface area (Å²) < 4.78 is 13.2. The third kappa shape index (κ3) is 2.48. The summed E-state index contributed by atoms with van der Waals surface area (Å²) in [6.07, 6.45) is -0.806. The van der Waals surface area contributed by atoms with Crippen molar-refractivity contribution >= 4 is 17.3 Å². The number of rotatable bonds is 3. The van der Waals surface area contributed by atoms with Gasteiger partial charge >= 0.3 is 0 Å². The van der Waals surface area contributed by atoms with Gasteiger partial charge in [-0.05, 0) is 13.0 Å². The SMILES string of the molecule is CC(O)C(C)c1cc(F)c(Cl)cc1[N+](=O)[O-]. The monoisotopic (exact) mass is 247 g/mol. The van der Waals surface area contributed by atoms with Crippen LogP contribution in [0.1, 0.15) is 25.3 Å². The predicted molar refractivity (Wildman–Crippen MR) is 58.2 cm³/mol. The highest BCUT2D eigenvalue weighted by Crippen LogP contribution is 2.32. The normalized spacial score (nSPS) is 14.6. The highest BCUT2D eigenvalue weighted by atomic mass is 35.5. The molecule has 1 rings (SSSR count). The Morgan fingerprint density at radius 1 is 1.50 bits per heavy atom. The van der Waals surface area contributed by atoms with Crippen molar-refractivity contribution in [2.45, 2.75) is 25.9 Å². The first-order valence-corrected chi connectivity index (χ1v) is 5.03. The van der Waals surface area contributed by atoms with Crippen LogP contribution in [0.2, 0.25) is 5.02 Å². The van der Waals surface area contributed by atoms with E-state index in [1.165, 1.54) is 6.92 Å². The third-order valence-corrected chi connectivity index (χ3v) is 2.77. The van der Waals surface area contributed by atoms with Crippen LogP contribution >= 0.6 is 11.6 Å². The second-order valence-electron chi connectivity index (χ2n) is 3.61. The Morgan fingerprint density at radius 2 is 2.06 bits per heavy atom. The molecule has 2 unspecified atom stereocenters. The van der Waals surface area contributed by atoms with E-state index in [-0.39, 0.29) is 16.3 Å². The van der Waals surface area contributed by atoms with Crippen molar-refractivity contribution in [2.75, 3.05) is 0 Å². The minimum absolute atomic E-state index is 0.141. The number of nitrogens with zero attached hydrogens (tertiary/aromatic N) is 1. The zero-order valence-electron chi connectivity index (χ0n) is 8.78. The van der Waals surface area contributed by atoms with E-state index in [0.717, 1.165) is 12.1 Å². The largest absolute Gasteiger partial charge is 0.393 e. The Hall–Kier alpha value is -1.20. The zero-order chi connectivity index (χ0) is 12.5. The number of aliphatic hydroxyl groups is 1. The molecule has 0 saturated carbocycles. The van der Waals surface area contributed by atoms with Crippen molar-refractivity contribution in [3.63, 3.8) is 0 Å². The van der Waals surface area contributed by atoms with Crippen LogP contribution < -0.4 is 0 Å². The lowest BCUT2D eigenvalue weighted by molar-refractivity contribution is -0.385. The summed E-state index contributed by atoms with van der Waals surface area (Å²) in [5.74, 6) is -1.26. The maximum atomic E-state index is 13.2. The Balaban J connectivity index is 3.36. The van der Waals surface area contributed by atoms with E-state index in [1.807, 2.05) is 0 Å². The van der Waals surface area contributed by atoms with Gasteiger partial charge in [-0.3, -0.25) is 10.1 Å². The first kappa shape index (κ1) is 12.9. The standard InChI is InChI=1S/C10H11ClFNO3/c1-5(6(2)14)7-3-9(12)8(11)4-10(7)13(15)16/h3-6,14H,1-2H3. The van der Waals surface area contributed by atoms with Gasteiger partial charge in [0.15, 0.2) is 0 Å². The molecule has 0 aliphatic heterocycles. The molecule has 1 N–H and O–H groups in total. The molecule has 1 aromatic rings. The van der Waals surface area contributed by atoms with E-state index in [0.29, 0.717) is 0 Å². The van der Waals surface area contributed by atoms with Crippen LogP contribution in [-0.4, -0.2) is 16.1 Å². The maximum Gasteiger partial charge on any atom is 0.274 e. The Kier molecular flexibility index (Phi) is 3.83. The lowest BCUT2D eigenvalue weighted by Crippen LogP contribution is -2.13. The number of hydrogen-bond acceptors (Lipinski definition) is 3. The molecule has 4 nitrogen and oxygen atoms in total. The molecule has 6 heteroatoms. The van der Waals surface area contributed by atoms with Gasteiger partial charge in [0.2, 0.25) is 0 Å². The van der Waals surface area contributed by atoms with Gasteiger partial charge in [-0.15, -0.1) is 0 Å². The van der Waals surface area contributed by atoms with Gasteiger partial charge in [-0.25, -0.2) is 4.39 Å². The summed E-state index contributed by atoms with van der Waals surface area (Å²) in [5, 5.41) is 19.8. The number of aliphatic hydroxyl groups excluding tert-OH is 1. The number of halogens is 2. The molecule has 16 heavy (non-hydrogen) atoms. The Labute approximate surface area is 96.8 Å². The molecular formula is C10H11ClFNO3. The molecule has 1 aromatic carbocycles. The molecule has 0 aliphatic rings. The van der Waals surface area contributed by atoms with E-state index >= 15 is 0 Å². The molecule has 88 valence electrons. The minimum atomic E-state index is -0.806. The molecule has 0 spiro atoms. The quantitative estimate of drug-likeness (QED) is 0.660. The summed E-state index contributed by atoms with van der Waals surface area (Å²) in [6.45, 7) is 3.07. The molecule has 0 radical (unpaired) electrons. The number of nitro benzene ring substituents is 1. The fraction of sp³-hybridized carbons (Fsp3) is 0.400. The van der Waals surface area contributed by atoms with Crippen molar-refractivity contribution in [1.82, 2.24) is 0 Å². The number of benzene rings is 1. The maximum absolute atomic E-state index is 13.2. The van der Waals surface area contributed by atoms with E-state index < -0.39 is 22.8 Å². The second kappa shape index (κ2) is 4.76. The minimum Gasteiger partial charge on any atom is -0.393 e. The number of hydrogen-bond donors (Lipinski definition) is 1. The van der Waals surface area contributed by atoms with E-state index in [2.05, 4.69) is 0 Å². The van der Waals surface area contributed by atoms with Crippen LogP contribution in [0.3, 0.4) is 0 Å². The van der Waals surface area contributed by atoms with E-state index in [1.54, 1.807) is 6.92 Å². The molecule has 0 fully saturated rings. The predicted octanol–water partition coefficient (Wildman–Crippen LogP) is 2.87. The number of nitro groups is 1. The summed E-state index contributed by atoms with van der Waals surface area (Å²) in [4.78, 5) is 10.1. The topological polar surface area (TPSA) is 63.4 Å². The summed E-state index contributed by atoms with van der Waals surface area (Å²) in [6, 6.07) is 1.96. The highest BCUT2D eigenvalue weighted by Gasteiger charge is 2.24. The first-order valence-electron chi connectivity index (χ1n) is 4.66. The zero-order valence-corrected chi connectivity index (χ0v) is 9.53. The highest BCUT2D eigenvalue weighted by molar-refractivity contribution is 6.31. The molecule has 0 bridgehead atoms. The van der Waals surface area contributed by atoms with Crippen molar-refractivity contribution in [3.8, 4) is 0 Å². The fourth-order valence-electron chi connectivity index (χ4n) is 1.33. The van der Waals surface area contributed by atoms with Crippen molar-refractivity contribution in [3.05, 3.63) is 38.7 Å². The average Bonchev–Trinajstić information content (AvgIpc) is 2.19. The van der Waals surface area contributed by atoms with Crippen LogP contribution in [0.4, 0.5) is 10.1 Å². The molecule has 0 heterocycles. The Morgan fingerprint density at radius 3 is 2.50 bits per heavy atom. The second-order valence-corrected chi connectivity index (χ2v) is 4.02. The van der Waals surface area contributed by atoms with Crippen LogP contribution in [0.5, 0.6) is 0 Å². The average molecular weight is 248 g/mol. The fourth-order valence-corrected chi connectivity index (χ4v) is 1.49. The lowest BCUT2D eigenvalue weighted by atomic mass is 9.94. The van der Waals surface area contributed by atoms with E-state index in [9.17, 15) is 19.6 Å². The Bertz CT molecular complexity index is 423. The lowest BCUT2D eigenvalue weighted by Gasteiger charge is -2.15. The van der Waals surface area contributed by atoms with Crippen LogP contribution in [-0.2, 0) is 0 Å². The van der Waals surface area contributed by atoms with Crippen molar-refractivity contribution < 1.29 is 14.4 Å². The molecule has 0 aliphatic carbocycles. The molecule has 0 aromatic heterocycles. The first-order chi connectivity index (χ1) is 7.34. The van der Waals surface area contributed by atoms with Gasteiger partial charge in [-0.1, -0.05) is 18.5 Å². The summed E-state index contributed by atoms with van der Waals surface area (Å²) in [5.41, 5.74) is -0.137. The van der Waals surface area contributed by atoms with Crippen molar-refractivity contribution in [1.29, 1.82) is 0 Å². The van der Waals surface area contributed by atoms with Gasteiger partial charge in [0.05, 0.1) is 16.0 Å². The van der Waals surface area contributed by atoms with Gasteiger partial charge in [0.1, 0.15) is 5.82 Å². The van der Waals surface area contributed by atoms with E-state index in [4.69, 9.17) is 11.6 Å². The van der Waals surface area contributed by atoms with Gasteiger partial charge in [-0.2, -0.15) is 0 Å². The molecule has 0 amide bonds. The van der Waals surface area contributed by atoms with Gasteiger partial charge in [0, 0.05) is 17.5 Å². The van der Waals surface area contributed by atoms with Crippen LogP contribution in [0.15, 0.2) is 12.1 Å². The van der Waals surface area contributed by atoms with Gasteiger partial charge in [0.25, 0.3) is 5.69 Å². The third-order valence-electron chi connectivity index (χ3n) is 2.48. The van der Waals surface area contributed by atoms with Crippen molar-refractivity contribution in [2.24, 2.45) is 0 Å². The van der Waals surface area contributed by atoms with Gasteiger partial charge < -0.3 is 5.11 Å².